The number of ether oxygens (including phenoxy) is 2. The van der Waals surface area contributed by atoms with Gasteiger partial charge < -0.3 is 14.4 Å². The lowest BCUT2D eigenvalue weighted by molar-refractivity contribution is -0.149. The van der Waals surface area contributed by atoms with Crippen molar-refractivity contribution in [2.24, 2.45) is 0 Å². The topological polar surface area (TPSA) is 72.9 Å². The summed E-state index contributed by atoms with van der Waals surface area (Å²) in [7, 11) is 0. The van der Waals surface area contributed by atoms with E-state index in [0.29, 0.717) is 13.2 Å². The third kappa shape index (κ3) is 6.88. The van der Waals surface area contributed by atoms with Gasteiger partial charge in [-0.25, -0.2) is 0 Å². The van der Waals surface area contributed by atoms with Crippen LogP contribution in [0.25, 0.3) is 0 Å². The van der Waals surface area contributed by atoms with Crippen LogP contribution in [0.2, 0.25) is 0 Å². The summed E-state index contributed by atoms with van der Waals surface area (Å²) in [5.41, 5.74) is 0. The Kier molecular flexibility index (Phi) is 8.61. The van der Waals surface area contributed by atoms with Gasteiger partial charge in [-0.15, -0.1) is 0 Å². The smallest absolute Gasteiger partial charge is 0.325 e. The fraction of sp³-hybridized carbons (Fsp3) is 0.750. The molecule has 6 heteroatoms. The van der Waals surface area contributed by atoms with Gasteiger partial charge in [-0.05, 0) is 20.8 Å². The van der Waals surface area contributed by atoms with E-state index in [0.717, 1.165) is 0 Å². The van der Waals surface area contributed by atoms with E-state index >= 15 is 0 Å². The summed E-state index contributed by atoms with van der Waals surface area (Å²) in [6.45, 7) is 6.09. The van der Waals surface area contributed by atoms with E-state index in [-0.39, 0.29) is 31.9 Å². The van der Waals surface area contributed by atoms with Crippen molar-refractivity contribution < 1.29 is 23.9 Å². The summed E-state index contributed by atoms with van der Waals surface area (Å²) in [4.78, 5) is 35.4. The zero-order valence-electron chi connectivity index (χ0n) is 11.2. The lowest BCUT2D eigenvalue weighted by Crippen LogP contribution is -2.36. The van der Waals surface area contributed by atoms with E-state index in [1.54, 1.807) is 20.8 Å². The van der Waals surface area contributed by atoms with Crippen LogP contribution in [0.15, 0.2) is 0 Å². The van der Waals surface area contributed by atoms with Crippen LogP contribution in [0.1, 0.15) is 33.6 Å². The molecule has 0 bridgehead atoms. The molecule has 0 fully saturated rings. The molecule has 18 heavy (non-hydrogen) atoms. The first-order chi connectivity index (χ1) is 8.54. The highest BCUT2D eigenvalue weighted by molar-refractivity contribution is 5.84. The number of rotatable bonds is 8. The van der Waals surface area contributed by atoms with Crippen molar-refractivity contribution in [3.8, 4) is 0 Å². The molecule has 0 atom stereocenters. The minimum Gasteiger partial charge on any atom is -0.466 e. The third-order valence-corrected chi connectivity index (χ3v) is 2.21. The van der Waals surface area contributed by atoms with E-state index in [1.165, 1.54) is 4.90 Å². The maximum absolute atomic E-state index is 11.7. The van der Waals surface area contributed by atoms with E-state index in [1.807, 2.05) is 0 Å². The number of likely N-dealkylation sites (N-methyl/N-ethyl adjacent to an activating group) is 1. The normalized spacial score (nSPS) is 9.72. The average Bonchev–Trinajstić information content (AvgIpc) is 2.33. The predicted octanol–water partition coefficient (Wildman–Crippen LogP) is 0.741. The molecule has 0 aromatic rings. The summed E-state index contributed by atoms with van der Waals surface area (Å²) in [5.74, 6) is -1.10. The number of esters is 2. The fourth-order valence-corrected chi connectivity index (χ4v) is 1.34. The van der Waals surface area contributed by atoms with Crippen LogP contribution >= 0.6 is 0 Å². The molecule has 0 aliphatic carbocycles. The molecule has 0 radical (unpaired) electrons. The Morgan fingerprint density at radius 3 is 1.94 bits per heavy atom. The number of hydrogen-bond acceptors (Lipinski definition) is 5. The van der Waals surface area contributed by atoms with E-state index in [2.05, 4.69) is 0 Å². The summed E-state index contributed by atoms with van der Waals surface area (Å²) < 4.78 is 9.49. The zero-order valence-corrected chi connectivity index (χ0v) is 11.2. The van der Waals surface area contributed by atoms with Gasteiger partial charge in [-0.3, -0.25) is 14.4 Å². The molecule has 6 nitrogen and oxygen atoms in total. The van der Waals surface area contributed by atoms with E-state index in [4.69, 9.17) is 9.47 Å². The number of hydrogen-bond donors (Lipinski definition) is 0. The Morgan fingerprint density at radius 2 is 1.44 bits per heavy atom. The van der Waals surface area contributed by atoms with Crippen LogP contribution in [0.3, 0.4) is 0 Å². The monoisotopic (exact) mass is 259 g/mol. The molecule has 0 aliphatic rings. The lowest BCUT2D eigenvalue weighted by Gasteiger charge is -2.19. The number of nitrogens with zero attached hydrogens (tertiary/aromatic N) is 1. The average molecular weight is 259 g/mol. The molecule has 0 aliphatic heterocycles. The van der Waals surface area contributed by atoms with Crippen molar-refractivity contribution in [1.29, 1.82) is 0 Å². The Bertz CT molecular complexity index is 290. The van der Waals surface area contributed by atoms with Crippen molar-refractivity contribution in [1.82, 2.24) is 4.90 Å². The van der Waals surface area contributed by atoms with E-state index < -0.39 is 11.9 Å². The minimum atomic E-state index is -0.441. The minimum absolute atomic E-state index is 0.0337. The number of carbonyl (C=O) groups excluding carboxylic acids is 3. The highest BCUT2D eigenvalue weighted by atomic mass is 16.5. The van der Waals surface area contributed by atoms with Gasteiger partial charge in [0.2, 0.25) is 5.91 Å². The van der Waals surface area contributed by atoms with Crippen LogP contribution in [0, 0.1) is 0 Å². The summed E-state index contributed by atoms with van der Waals surface area (Å²) >= 11 is 0. The van der Waals surface area contributed by atoms with Gasteiger partial charge in [-0.1, -0.05) is 0 Å². The first kappa shape index (κ1) is 16.4. The molecule has 0 aromatic heterocycles. The fourth-order valence-electron chi connectivity index (χ4n) is 1.34. The van der Waals surface area contributed by atoms with Crippen LogP contribution < -0.4 is 0 Å². The first-order valence-electron chi connectivity index (χ1n) is 6.14. The molecule has 104 valence electrons. The molecule has 0 saturated heterocycles. The van der Waals surface area contributed by atoms with E-state index in [9.17, 15) is 14.4 Å². The highest BCUT2D eigenvalue weighted by Crippen LogP contribution is 2.00. The van der Waals surface area contributed by atoms with Crippen LogP contribution in [-0.4, -0.2) is 49.0 Å². The SMILES string of the molecule is CCOC(=O)CCC(=O)N(CC)CC(=O)OCC. The quantitative estimate of drug-likeness (QED) is 0.601. The van der Waals surface area contributed by atoms with Crippen LogP contribution in [-0.2, 0) is 23.9 Å². The highest BCUT2D eigenvalue weighted by Gasteiger charge is 2.17. The molecule has 0 aromatic carbocycles. The van der Waals surface area contributed by atoms with Gasteiger partial charge in [0.05, 0.1) is 19.6 Å². The summed E-state index contributed by atoms with van der Waals surface area (Å²) in [5, 5.41) is 0. The molecule has 0 rings (SSSR count). The Balaban J connectivity index is 4.10. The summed E-state index contributed by atoms with van der Waals surface area (Å²) in [6.07, 6.45) is 0.0814. The van der Waals surface area contributed by atoms with Gasteiger partial charge in [0.15, 0.2) is 0 Å². The molecule has 0 saturated carbocycles. The molecule has 0 unspecified atom stereocenters. The van der Waals surface area contributed by atoms with Gasteiger partial charge in [0, 0.05) is 13.0 Å². The second-order valence-corrected chi connectivity index (χ2v) is 3.52. The first-order valence-corrected chi connectivity index (χ1v) is 6.14. The van der Waals surface area contributed by atoms with Gasteiger partial charge in [0.1, 0.15) is 6.54 Å². The van der Waals surface area contributed by atoms with Crippen LogP contribution in [0.4, 0.5) is 0 Å². The van der Waals surface area contributed by atoms with Crippen LogP contribution in [0.5, 0.6) is 0 Å². The number of carbonyl (C=O) groups is 3. The third-order valence-electron chi connectivity index (χ3n) is 2.21. The second kappa shape index (κ2) is 9.44. The Morgan fingerprint density at radius 1 is 0.889 bits per heavy atom. The lowest BCUT2D eigenvalue weighted by atomic mass is 10.2. The van der Waals surface area contributed by atoms with Crippen molar-refractivity contribution in [3.63, 3.8) is 0 Å². The standard InChI is InChI=1S/C12H21NO5/c1-4-13(9-12(16)18-6-3)10(14)7-8-11(15)17-5-2/h4-9H2,1-3H3. The maximum atomic E-state index is 11.7. The molecule has 0 spiro atoms. The van der Waals surface area contributed by atoms with Crippen molar-refractivity contribution in [3.05, 3.63) is 0 Å². The Labute approximate surface area is 107 Å². The van der Waals surface area contributed by atoms with Gasteiger partial charge >= 0.3 is 11.9 Å². The predicted molar refractivity (Wildman–Crippen MR) is 64.8 cm³/mol. The Hall–Kier alpha value is -1.59. The summed E-state index contributed by atoms with van der Waals surface area (Å²) in [6, 6.07) is 0. The van der Waals surface area contributed by atoms with Gasteiger partial charge in [0.25, 0.3) is 0 Å². The second-order valence-electron chi connectivity index (χ2n) is 3.52. The molecule has 1 amide bonds. The molecular formula is C12H21NO5. The van der Waals surface area contributed by atoms with Crippen molar-refractivity contribution in [2.75, 3.05) is 26.3 Å². The molecular weight excluding hydrogens is 238 g/mol. The number of amides is 1. The van der Waals surface area contributed by atoms with Crippen molar-refractivity contribution >= 4 is 17.8 Å². The zero-order chi connectivity index (χ0) is 14.0. The molecule has 0 N–H and O–H groups in total. The molecule has 0 heterocycles. The maximum Gasteiger partial charge on any atom is 0.325 e. The van der Waals surface area contributed by atoms with Gasteiger partial charge in [-0.2, -0.15) is 0 Å². The van der Waals surface area contributed by atoms with Crippen molar-refractivity contribution in [2.45, 2.75) is 33.6 Å². The largest absolute Gasteiger partial charge is 0.466 e.